The van der Waals surface area contributed by atoms with E-state index in [2.05, 4.69) is 60.5 Å². The first kappa shape index (κ1) is 34.3. The number of aliphatic hydroxyl groups is 1. The lowest BCUT2D eigenvalue weighted by Gasteiger charge is -2.29. The van der Waals surface area contributed by atoms with Crippen LogP contribution in [0.1, 0.15) is 57.8 Å². The number of carbonyl (C=O) groups excluding carboxylic acids is 2. The van der Waals surface area contributed by atoms with E-state index in [0.717, 1.165) is 11.5 Å². The Morgan fingerprint density at radius 3 is 2.28 bits per heavy atom. The number of benzene rings is 1. The molecule has 1 aliphatic carbocycles. The number of aliphatic hydroxyl groups excluding tert-OH is 1. The molecule has 2 aliphatic heterocycles. The Morgan fingerprint density at radius 2 is 1.84 bits per heavy atom. The van der Waals surface area contributed by atoms with Gasteiger partial charge in [-0.25, -0.2) is 15.0 Å². The second-order valence-corrected chi connectivity index (χ2v) is 17.0. The van der Waals surface area contributed by atoms with Crippen molar-refractivity contribution in [1.29, 1.82) is 0 Å². The van der Waals surface area contributed by atoms with Crippen LogP contribution >= 0.6 is 10.0 Å². The molecule has 43 heavy (non-hydrogen) atoms. The van der Waals surface area contributed by atoms with E-state index in [1.54, 1.807) is 43.4 Å². The second kappa shape index (κ2) is 14.5. The predicted molar refractivity (Wildman–Crippen MR) is 176 cm³/mol. The lowest BCUT2D eigenvalue weighted by molar-refractivity contribution is -0.104. The summed E-state index contributed by atoms with van der Waals surface area (Å²) in [7, 11) is 1.97. The average molecular weight is 613 g/mol. The van der Waals surface area contributed by atoms with Gasteiger partial charge < -0.3 is 24.8 Å². The third-order valence-electron chi connectivity index (χ3n) is 8.64. The normalized spacial score (nSPS) is 24.2. The molecule has 3 aliphatic rings. The van der Waals surface area contributed by atoms with Gasteiger partial charge in [0, 0.05) is 40.8 Å². The summed E-state index contributed by atoms with van der Waals surface area (Å²) in [5, 5.41) is 13.0. The maximum atomic E-state index is 12.7. The first-order valence-electron chi connectivity index (χ1n) is 14.6. The van der Waals surface area contributed by atoms with Gasteiger partial charge in [-0.2, -0.15) is 0 Å². The average Bonchev–Trinajstić information content (AvgIpc) is 3.32. The summed E-state index contributed by atoms with van der Waals surface area (Å²) in [4.78, 5) is 33.9. The number of aromatic nitrogens is 2. The number of amides is 1. The Labute approximate surface area is 258 Å². The van der Waals surface area contributed by atoms with Crippen LogP contribution in [0.5, 0.6) is 11.5 Å². The molecule has 10 heteroatoms. The number of nitrogens with zero attached hydrogens (tertiary/aromatic N) is 3. The first-order chi connectivity index (χ1) is 20.2. The van der Waals surface area contributed by atoms with E-state index in [-0.39, 0.29) is 16.6 Å². The van der Waals surface area contributed by atoms with E-state index in [1.165, 1.54) is 38.1 Å². The molecule has 3 unspecified atom stereocenters. The molecule has 2 fully saturated rings. The Morgan fingerprint density at radius 1 is 1.21 bits per heavy atom. The van der Waals surface area contributed by atoms with E-state index in [9.17, 15) is 14.7 Å². The standard InChI is InChI=1S/C22H23N3O5.C7H16S.C4H9N/c1-15(13-26)29-18-9-17(21(28)25-20-12-23-7-8-24-20)10-19(11-18)30-22(2)5-3-16(14-27)4-6-22;1-6-7(2,3)8(6,4)5;1-5-3-2-4-5/h3-5,7-12,14-15,26H,6,13H2,1-2H3,(H,24,25,28);6H,1-5H3;2-4H2,1H3. The molecule has 1 amide bonds. The molecule has 3 heterocycles. The SMILES string of the molecule is CC(CO)Oc1cc(OC2(C)C=CC(C=O)=CC2)cc(C(=O)Nc2cnccn2)c1.CC1C(C)(C)S1(C)C.CN1CCC1. The molecule has 9 nitrogen and oxygen atoms in total. The lowest BCUT2D eigenvalue weighted by atomic mass is 9.94. The van der Waals surface area contributed by atoms with Crippen molar-refractivity contribution in [3.05, 3.63) is 66.2 Å². The van der Waals surface area contributed by atoms with E-state index in [0.29, 0.717) is 39.6 Å². The Balaban J connectivity index is 0.000000317. The highest BCUT2D eigenvalue weighted by molar-refractivity contribution is 8.40. The van der Waals surface area contributed by atoms with E-state index in [1.807, 2.05) is 6.92 Å². The molecule has 2 N–H and O–H groups in total. The predicted octanol–water partition coefficient (Wildman–Crippen LogP) is 5.26. The third-order valence-corrected chi connectivity index (χ3v) is 13.8. The molecular weight excluding hydrogens is 564 g/mol. The van der Waals surface area contributed by atoms with Crippen molar-refractivity contribution in [3.63, 3.8) is 0 Å². The minimum Gasteiger partial charge on any atom is -0.488 e. The van der Waals surface area contributed by atoms with Gasteiger partial charge in [0.1, 0.15) is 29.5 Å². The number of hydrogen-bond acceptors (Lipinski definition) is 8. The number of aldehydes is 1. The van der Waals surface area contributed by atoms with Crippen molar-refractivity contribution in [2.24, 2.45) is 0 Å². The number of ether oxygens (including phenoxy) is 2. The Hall–Kier alpha value is -3.21. The fraction of sp³-hybridized carbons (Fsp3) is 0.515. The molecule has 5 rings (SSSR count). The van der Waals surface area contributed by atoms with Gasteiger partial charge in [-0.1, -0.05) is 32.9 Å². The zero-order valence-electron chi connectivity index (χ0n) is 26.8. The Bertz CT molecular complexity index is 1300. The summed E-state index contributed by atoms with van der Waals surface area (Å²) in [5.74, 6) is 0.701. The van der Waals surface area contributed by atoms with E-state index < -0.39 is 17.6 Å². The van der Waals surface area contributed by atoms with Gasteiger partial charge >= 0.3 is 0 Å². The van der Waals surface area contributed by atoms with Crippen molar-refractivity contribution in [2.75, 3.05) is 44.6 Å². The highest BCUT2D eigenvalue weighted by Gasteiger charge is 2.57. The van der Waals surface area contributed by atoms with Crippen molar-refractivity contribution in [2.45, 2.75) is 69.2 Å². The van der Waals surface area contributed by atoms with Crippen LogP contribution in [-0.4, -0.2) is 93.1 Å². The highest BCUT2D eigenvalue weighted by Crippen LogP contribution is 2.77. The minimum absolute atomic E-state index is 0.174. The number of likely N-dealkylation sites (tertiary alicyclic amines) is 1. The van der Waals surface area contributed by atoms with Gasteiger partial charge in [0.15, 0.2) is 5.82 Å². The molecule has 236 valence electrons. The summed E-state index contributed by atoms with van der Waals surface area (Å²) in [5.41, 5.74) is 0.201. The second-order valence-electron chi connectivity index (χ2n) is 12.4. The molecule has 3 atom stereocenters. The van der Waals surface area contributed by atoms with Crippen molar-refractivity contribution >= 4 is 28.0 Å². The van der Waals surface area contributed by atoms with Gasteiger partial charge in [-0.15, -0.1) is 0 Å². The number of anilines is 1. The van der Waals surface area contributed by atoms with Crippen molar-refractivity contribution < 1.29 is 24.2 Å². The van der Waals surface area contributed by atoms with E-state index >= 15 is 0 Å². The van der Waals surface area contributed by atoms with Crippen molar-refractivity contribution in [3.8, 4) is 11.5 Å². The lowest BCUT2D eigenvalue weighted by Crippen LogP contribution is -2.32. The molecule has 1 aromatic heterocycles. The fourth-order valence-electron chi connectivity index (χ4n) is 4.51. The summed E-state index contributed by atoms with van der Waals surface area (Å²) in [6.45, 7) is 13.2. The van der Waals surface area contributed by atoms with Crippen LogP contribution in [0.25, 0.3) is 0 Å². The van der Waals surface area contributed by atoms with Crippen LogP contribution in [0.3, 0.4) is 0 Å². The first-order valence-corrected chi connectivity index (χ1v) is 17.2. The van der Waals surface area contributed by atoms with Gasteiger partial charge in [0.25, 0.3) is 5.91 Å². The minimum atomic E-state index is -0.688. The molecule has 0 bridgehead atoms. The molecule has 0 saturated carbocycles. The number of nitrogens with one attached hydrogen (secondary N) is 1. The smallest absolute Gasteiger partial charge is 0.257 e. The number of rotatable bonds is 8. The van der Waals surface area contributed by atoms with Gasteiger partial charge in [-0.05, 0) is 76.4 Å². The van der Waals surface area contributed by atoms with Crippen LogP contribution < -0.4 is 14.8 Å². The van der Waals surface area contributed by atoms with Crippen LogP contribution in [0, 0.1) is 0 Å². The van der Waals surface area contributed by atoms with Crippen LogP contribution in [0.4, 0.5) is 5.82 Å². The quantitative estimate of drug-likeness (QED) is 0.307. The topological polar surface area (TPSA) is 114 Å². The van der Waals surface area contributed by atoms with Crippen LogP contribution in [0.15, 0.2) is 60.6 Å². The fourth-order valence-corrected chi connectivity index (χ4v) is 7.54. The molecule has 0 spiro atoms. The maximum absolute atomic E-state index is 12.7. The third kappa shape index (κ3) is 9.39. The largest absolute Gasteiger partial charge is 0.488 e. The molecule has 1 aromatic carbocycles. The summed E-state index contributed by atoms with van der Waals surface area (Å²) >= 11 is 0. The summed E-state index contributed by atoms with van der Waals surface area (Å²) in [6.07, 6.45) is 16.8. The number of carbonyl (C=O) groups is 2. The summed E-state index contributed by atoms with van der Waals surface area (Å²) in [6, 6.07) is 4.82. The van der Waals surface area contributed by atoms with Crippen molar-refractivity contribution in [1.82, 2.24) is 14.9 Å². The zero-order chi connectivity index (χ0) is 31.8. The summed E-state index contributed by atoms with van der Waals surface area (Å²) < 4.78 is 12.5. The number of allylic oxidation sites excluding steroid dienone is 2. The van der Waals surface area contributed by atoms with Crippen LogP contribution in [0.2, 0.25) is 0 Å². The van der Waals surface area contributed by atoms with E-state index in [4.69, 9.17) is 9.47 Å². The zero-order valence-corrected chi connectivity index (χ0v) is 27.6. The van der Waals surface area contributed by atoms with Gasteiger partial charge in [-0.3, -0.25) is 14.6 Å². The molecule has 2 aromatic rings. The van der Waals surface area contributed by atoms with Crippen LogP contribution in [-0.2, 0) is 4.79 Å². The monoisotopic (exact) mass is 612 g/mol. The van der Waals surface area contributed by atoms with Gasteiger partial charge in [0.2, 0.25) is 0 Å². The molecule has 2 saturated heterocycles. The molecular formula is C33H48N4O5S. The maximum Gasteiger partial charge on any atom is 0.257 e. The highest BCUT2D eigenvalue weighted by atomic mass is 32.3. The number of hydrogen-bond donors (Lipinski definition) is 2. The van der Waals surface area contributed by atoms with Gasteiger partial charge in [0.05, 0.1) is 12.8 Å². The Kier molecular flexibility index (Phi) is 11.6. The molecule has 0 radical (unpaired) electrons.